The lowest BCUT2D eigenvalue weighted by Gasteiger charge is -2.27. The Kier molecular flexibility index (Phi) is 12.7. The lowest BCUT2D eigenvalue weighted by molar-refractivity contribution is -0.268. The van der Waals surface area contributed by atoms with E-state index in [2.05, 4.69) is 19.4 Å². The molecule has 308 valence electrons. The van der Waals surface area contributed by atoms with Gasteiger partial charge in [-0.05, 0) is 37.1 Å². The number of esters is 2. The number of methoxy groups -OCH3 is 2. The number of carbonyl (C=O) groups is 2. The molecule has 0 aliphatic carbocycles. The Hall–Kier alpha value is -6.14. The Balaban J connectivity index is 0.000000221. The normalized spacial score (nSPS) is 13.9. The molecule has 0 saturated carbocycles. The van der Waals surface area contributed by atoms with Gasteiger partial charge in [-0.2, -0.15) is 26.3 Å². The number of aliphatic hydroxyl groups is 2. The van der Waals surface area contributed by atoms with Gasteiger partial charge in [-0.15, -0.1) is 0 Å². The van der Waals surface area contributed by atoms with Crippen LogP contribution in [0.25, 0.3) is 21.8 Å². The first kappa shape index (κ1) is 43.0. The Morgan fingerprint density at radius 3 is 1.24 bits per heavy atom. The van der Waals surface area contributed by atoms with Crippen molar-refractivity contribution < 1.29 is 65.1 Å². The van der Waals surface area contributed by atoms with E-state index in [0.29, 0.717) is 0 Å². The van der Waals surface area contributed by atoms with E-state index in [0.717, 1.165) is 23.5 Å². The monoisotopic (exact) mass is 816 g/mol. The minimum atomic E-state index is -5.30. The van der Waals surface area contributed by atoms with Crippen LogP contribution >= 0.6 is 0 Å². The smallest absolute Gasteiger partial charge is 0.432 e. The number of benzene rings is 2. The largest absolute Gasteiger partial charge is 0.479 e. The van der Waals surface area contributed by atoms with Crippen LogP contribution < -0.4 is 9.47 Å². The van der Waals surface area contributed by atoms with Crippen molar-refractivity contribution in [1.82, 2.24) is 19.1 Å². The quantitative estimate of drug-likeness (QED) is 0.0998. The van der Waals surface area contributed by atoms with Crippen LogP contribution in [0.15, 0.2) is 97.6 Å². The summed E-state index contributed by atoms with van der Waals surface area (Å²) in [7, 11) is 2.67. The molecule has 4 aromatic heterocycles. The molecule has 18 heteroatoms. The van der Waals surface area contributed by atoms with Gasteiger partial charge in [-0.1, -0.05) is 60.7 Å². The van der Waals surface area contributed by atoms with E-state index in [-0.39, 0.29) is 59.9 Å². The fourth-order valence-corrected chi connectivity index (χ4v) is 6.35. The van der Waals surface area contributed by atoms with Gasteiger partial charge in [0, 0.05) is 59.8 Å². The number of carbonyl (C=O) groups excluding carboxylic acids is 2. The molecular weight excluding hydrogens is 778 g/mol. The number of halogens is 6. The van der Waals surface area contributed by atoms with Crippen molar-refractivity contribution in [2.24, 2.45) is 0 Å². The number of alkyl halides is 6. The summed E-state index contributed by atoms with van der Waals surface area (Å²) in [6, 6.07) is 20.6. The van der Waals surface area contributed by atoms with Gasteiger partial charge >= 0.3 is 24.3 Å². The van der Waals surface area contributed by atoms with E-state index in [1.165, 1.54) is 61.7 Å². The molecule has 0 bridgehead atoms. The summed E-state index contributed by atoms with van der Waals surface area (Å²) in [4.78, 5) is 32.5. The highest BCUT2D eigenvalue weighted by Crippen LogP contribution is 2.46. The fourth-order valence-electron chi connectivity index (χ4n) is 6.35. The van der Waals surface area contributed by atoms with Gasteiger partial charge in [0.2, 0.25) is 11.8 Å². The van der Waals surface area contributed by atoms with Crippen molar-refractivity contribution in [1.29, 1.82) is 0 Å². The number of hydrogen-bond acceptors (Lipinski definition) is 10. The van der Waals surface area contributed by atoms with Crippen LogP contribution in [0.1, 0.15) is 36.1 Å². The molecule has 0 saturated heterocycles. The summed E-state index contributed by atoms with van der Waals surface area (Å²) in [5, 5.41) is 21.1. The lowest BCUT2D eigenvalue weighted by atomic mass is 9.93. The number of pyridine rings is 2. The average molecular weight is 817 g/mol. The van der Waals surface area contributed by atoms with Crippen LogP contribution in [-0.2, 0) is 43.4 Å². The molecular formula is C40H38F6N4O8. The number of hydrogen-bond donors (Lipinski definition) is 2. The minimum absolute atomic E-state index is 0.0133. The zero-order valence-electron chi connectivity index (χ0n) is 31.5. The minimum Gasteiger partial charge on any atom is -0.479 e. The predicted octanol–water partition coefficient (Wildman–Crippen LogP) is 6.81. The Morgan fingerprint density at radius 1 is 0.603 bits per heavy atom. The third kappa shape index (κ3) is 8.02. The molecule has 0 fully saturated rings. The van der Waals surface area contributed by atoms with Crippen molar-refractivity contribution in [3.8, 4) is 11.8 Å². The molecule has 0 aliphatic rings. The van der Waals surface area contributed by atoms with E-state index in [4.69, 9.17) is 9.47 Å². The number of nitrogens with zero attached hydrogens (tertiary/aromatic N) is 4. The Bertz CT molecular complexity index is 2200. The molecule has 58 heavy (non-hydrogen) atoms. The van der Waals surface area contributed by atoms with Crippen LogP contribution in [0, 0.1) is 0 Å². The first-order valence-corrected chi connectivity index (χ1v) is 17.5. The van der Waals surface area contributed by atoms with Gasteiger partial charge in [0.1, 0.15) is 11.0 Å². The van der Waals surface area contributed by atoms with Gasteiger partial charge in [-0.25, -0.2) is 19.6 Å². The van der Waals surface area contributed by atoms with Crippen molar-refractivity contribution >= 4 is 33.7 Å². The van der Waals surface area contributed by atoms with E-state index in [9.17, 15) is 46.1 Å². The summed E-state index contributed by atoms with van der Waals surface area (Å²) >= 11 is 0. The maximum absolute atomic E-state index is 13.9. The topological polar surface area (TPSA) is 147 Å². The molecule has 2 aromatic carbocycles. The zero-order valence-corrected chi connectivity index (χ0v) is 31.5. The van der Waals surface area contributed by atoms with E-state index < -0.39 is 46.6 Å². The average Bonchev–Trinajstić information content (AvgIpc) is 3.76. The molecule has 0 radical (unpaired) electrons. The second-order valence-electron chi connectivity index (χ2n) is 12.6. The second-order valence-corrected chi connectivity index (χ2v) is 12.6. The molecule has 6 rings (SSSR count). The van der Waals surface area contributed by atoms with Crippen molar-refractivity contribution in [3.63, 3.8) is 0 Å². The van der Waals surface area contributed by atoms with Gasteiger partial charge < -0.3 is 38.3 Å². The standard InChI is InChI=1S/2C20H19F3N2O4/c2*1-3-29-18(26)19(27,20(21,22)23)15-12-25(11-13-7-5-4-6-8-13)16-14(15)9-10-24-17(16)28-2/h2*4-10,12,27H,3,11H2,1-2H3. The Morgan fingerprint density at radius 2 is 0.948 bits per heavy atom. The molecule has 0 spiro atoms. The number of aromatic nitrogens is 4. The van der Waals surface area contributed by atoms with E-state index in [1.54, 1.807) is 48.5 Å². The zero-order chi connectivity index (χ0) is 42.5. The molecule has 12 nitrogen and oxygen atoms in total. The molecule has 2 unspecified atom stereocenters. The molecule has 6 aromatic rings. The number of rotatable bonds is 12. The summed E-state index contributed by atoms with van der Waals surface area (Å²) in [6.07, 6.45) is -5.93. The maximum atomic E-state index is 13.9. The first-order chi connectivity index (χ1) is 27.5. The van der Waals surface area contributed by atoms with Gasteiger partial charge in [-0.3, -0.25) is 0 Å². The van der Waals surface area contributed by atoms with Crippen LogP contribution in [0.2, 0.25) is 0 Å². The Labute approximate surface area is 327 Å². The summed E-state index contributed by atoms with van der Waals surface area (Å²) < 4.78 is 106. The van der Waals surface area contributed by atoms with Crippen LogP contribution in [-0.4, -0.2) is 81.0 Å². The van der Waals surface area contributed by atoms with Crippen molar-refractivity contribution in [2.45, 2.75) is 50.5 Å². The SMILES string of the molecule is CCOC(=O)C(O)(c1cn(Cc2ccccc2)c2c(OC)nccc12)C(F)(F)F.CCOC(=O)C(O)(c1cn(Cc2ccccc2)c2c(OC)nccc12)C(F)(F)F. The van der Waals surface area contributed by atoms with E-state index in [1.807, 2.05) is 12.1 Å². The van der Waals surface area contributed by atoms with Crippen LogP contribution in [0.5, 0.6) is 11.8 Å². The van der Waals surface area contributed by atoms with Crippen LogP contribution in [0.3, 0.4) is 0 Å². The maximum Gasteiger partial charge on any atom is 0.432 e. The van der Waals surface area contributed by atoms with Crippen molar-refractivity contribution in [2.75, 3.05) is 27.4 Å². The summed E-state index contributed by atoms with van der Waals surface area (Å²) in [5.74, 6) is -3.44. The summed E-state index contributed by atoms with van der Waals surface area (Å²) in [6.45, 7) is 2.45. The van der Waals surface area contributed by atoms with Crippen molar-refractivity contribution in [3.05, 3.63) is 120 Å². The van der Waals surface area contributed by atoms with E-state index >= 15 is 0 Å². The molecule has 0 amide bonds. The highest BCUT2D eigenvalue weighted by atomic mass is 19.4. The van der Waals surface area contributed by atoms with Gasteiger partial charge in [0.25, 0.3) is 11.2 Å². The molecule has 4 heterocycles. The van der Waals surface area contributed by atoms with Crippen LogP contribution in [0.4, 0.5) is 26.3 Å². The third-order valence-electron chi connectivity index (χ3n) is 9.03. The second kappa shape index (κ2) is 17.2. The first-order valence-electron chi connectivity index (χ1n) is 17.5. The predicted molar refractivity (Wildman–Crippen MR) is 197 cm³/mol. The highest BCUT2D eigenvalue weighted by Gasteiger charge is 2.64. The molecule has 0 aliphatic heterocycles. The third-order valence-corrected chi connectivity index (χ3v) is 9.03. The molecule has 2 atom stereocenters. The van der Waals surface area contributed by atoms with Gasteiger partial charge in [0.05, 0.1) is 27.4 Å². The van der Waals surface area contributed by atoms with Gasteiger partial charge in [0.15, 0.2) is 0 Å². The summed E-state index contributed by atoms with van der Waals surface area (Å²) in [5.41, 5.74) is -6.92. The number of ether oxygens (including phenoxy) is 4. The fraction of sp³-hybridized carbons (Fsp3) is 0.300. The molecule has 2 N–H and O–H groups in total. The lowest BCUT2D eigenvalue weighted by Crippen LogP contribution is -2.50. The number of fused-ring (bicyclic) bond motifs is 2. The highest BCUT2D eigenvalue weighted by molar-refractivity contribution is 5.95.